The molecule has 3 heterocycles. The Morgan fingerprint density at radius 2 is 1.78 bits per heavy atom. The highest BCUT2D eigenvalue weighted by atomic mass is 16.5. The molecule has 1 N–H and O–H groups in total. The minimum absolute atomic E-state index is 0.180. The van der Waals surface area contributed by atoms with Crippen molar-refractivity contribution in [1.82, 2.24) is 19.8 Å². The lowest BCUT2D eigenvalue weighted by molar-refractivity contribution is -0.134. The number of carbonyl (C=O) groups is 1. The Labute approximate surface area is 189 Å². The number of carbonyl (C=O) groups excluding carboxylic acids is 1. The molecule has 1 aromatic heterocycles. The highest BCUT2D eigenvalue weighted by Crippen LogP contribution is 2.37. The quantitative estimate of drug-likeness (QED) is 0.673. The van der Waals surface area contributed by atoms with Gasteiger partial charge >= 0.3 is 0 Å². The minimum Gasteiger partial charge on any atom is -0.457 e. The number of nitrogens with zero attached hydrogens (tertiary/aromatic N) is 3. The van der Waals surface area contributed by atoms with Crippen molar-refractivity contribution in [3.63, 3.8) is 0 Å². The van der Waals surface area contributed by atoms with Crippen molar-refractivity contribution in [3.05, 3.63) is 77.9 Å². The maximum absolute atomic E-state index is 13.5. The molecule has 6 nitrogen and oxygen atoms in total. The lowest BCUT2D eigenvalue weighted by Gasteiger charge is -2.41. The summed E-state index contributed by atoms with van der Waals surface area (Å²) < 4.78 is 8.21. The molecule has 0 radical (unpaired) electrons. The van der Waals surface area contributed by atoms with Crippen molar-refractivity contribution in [2.24, 2.45) is 12.5 Å². The molecule has 3 aromatic rings. The number of benzene rings is 2. The summed E-state index contributed by atoms with van der Waals surface area (Å²) in [5.41, 5.74) is 3.12. The number of imidazole rings is 1. The molecule has 0 atom stereocenters. The maximum Gasteiger partial charge on any atom is 0.226 e. The highest BCUT2D eigenvalue weighted by molar-refractivity contribution is 5.83. The second kappa shape index (κ2) is 8.79. The van der Waals surface area contributed by atoms with Crippen molar-refractivity contribution in [2.45, 2.75) is 32.2 Å². The van der Waals surface area contributed by atoms with Gasteiger partial charge in [0, 0.05) is 26.3 Å². The zero-order valence-electron chi connectivity index (χ0n) is 18.6. The van der Waals surface area contributed by atoms with Crippen molar-refractivity contribution in [2.75, 3.05) is 19.6 Å². The molecule has 0 aliphatic carbocycles. The number of fused-ring (bicyclic) bond motifs is 4. The lowest BCUT2D eigenvalue weighted by Crippen LogP contribution is -2.50. The van der Waals surface area contributed by atoms with Crippen molar-refractivity contribution in [3.8, 4) is 11.5 Å². The topological polar surface area (TPSA) is 59.4 Å². The molecule has 2 aromatic carbocycles. The first kappa shape index (κ1) is 20.8. The number of nitrogens with one attached hydrogen (secondary N) is 1. The van der Waals surface area contributed by atoms with Gasteiger partial charge in [-0.15, -0.1) is 0 Å². The van der Waals surface area contributed by atoms with Crippen molar-refractivity contribution < 1.29 is 9.53 Å². The van der Waals surface area contributed by atoms with E-state index in [-0.39, 0.29) is 5.91 Å². The van der Waals surface area contributed by atoms with Crippen LogP contribution >= 0.6 is 0 Å². The number of rotatable bonds is 2. The van der Waals surface area contributed by atoms with E-state index >= 15 is 0 Å². The highest BCUT2D eigenvalue weighted by Gasteiger charge is 2.41. The number of likely N-dealkylation sites (tertiary alicyclic amines) is 1. The van der Waals surface area contributed by atoms with Crippen LogP contribution in [0.4, 0.5) is 0 Å². The zero-order valence-corrected chi connectivity index (χ0v) is 18.6. The Balaban J connectivity index is 1.38. The Kier molecular flexibility index (Phi) is 5.70. The summed E-state index contributed by atoms with van der Waals surface area (Å²) in [6, 6.07) is 16.3. The van der Waals surface area contributed by atoms with Gasteiger partial charge < -0.3 is 14.6 Å². The van der Waals surface area contributed by atoms with E-state index in [9.17, 15) is 4.79 Å². The monoisotopic (exact) mass is 430 g/mol. The molecule has 1 amide bonds. The van der Waals surface area contributed by atoms with Gasteiger partial charge in [-0.3, -0.25) is 9.69 Å². The first-order valence-electron chi connectivity index (χ1n) is 11.4. The molecular formula is C26H30N4O2. The minimum atomic E-state index is -0.395. The molecule has 2 aliphatic heterocycles. The average Bonchev–Trinajstić information content (AvgIpc) is 3.19. The number of aryl methyl sites for hydroxylation is 1. The Bertz CT molecular complexity index is 1100. The molecule has 2 aliphatic rings. The Hall–Kier alpha value is -3.12. The number of piperidine rings is 1. The van der Waals surface area contributed by atoms with Crippen LogP contribution < -0.4 is 10.1 Å². The van der Waals surface area contributed by atoms with Crippen LogP contribution in [0.25, 0.3) is 0 Å². The fraction of sp³-hybridized carbons (Fsp3) is 0.385. The molecule has 166 valence electrons. The van der Waals surface area contributed by atoms with Gasteiger partial charge in [0.25, 0.3) is 0 Å². The van der Waals surface area contributed by atoms with Crippen LogP contribution in [0.1, 0.15) is 29.7 Å². The molecular weight excluding hydrogens is 400 g/mol. The van der Waals surface area contributed by atoms with Crippen LogP contribution in [-0.2, 0) is 31.2 Å². The van der Waals surface area contributed by atoms with E-state index in [0.717, 1.165) is 62.4 Å². The van der Waals surface area contributed by atoms with Crippen LogP contribution in [0.5, 0.6) is 11.5 Å². The number of ether oxygens (including phenoxy) is 1. The molecule has 0 saturated carbocycles. The molecule has 32 heavy (non-hydrogen) atoms. The number of aromatic nitrogens is 2. The van der Waals surface area contributed by atoms with Crippen LogP contribution in [-0.4, -0.2) is 40.0 Å². The third kappa shape index (κ3) is 4.41. The second-order valence-corrected chi connectivity index (χ2v) is 9.13. The number of hydrogen-bond acceptors (Lipinski definition) is 4. The molecule has 6 heteroatoms. The second-order valence-electron chi connectivity index (χ2n) is 9.13. The van der Waals surface area contributed by atoms with Crippen LogP contribution in [0.15, 0.2) is 61.1 Å². The molecule has 4 bridgehead atoms. The summed E-state index contributed by atoms with van der Waals surface area (Å²) in [5.74, 6) is 1.84. The van der Waals surface area contributed by atoms with Gasteiger partial charge in [0.15, 0.2) is 0 Å². The Morgan fingerprint density at radius 3 is 2.50 bits per heavy atom. The summed E-state index contributed by atoms with van der Waals surface area (Å²) in [6.07, 6.45) is 6.98. The standard InChI is InChI=1S/C26H30N4O2/c1-29-19-27-17-22(29)18-30-12-9-26(10-13-30)16-21-5-3-7-24(15-21)32-23-6-2-4-20(14-23)8-11-28-25(26)31/h2-7,14-15,17,19H,8-13,16,18H2,1H3,(H,28,31). The first-order valence-corrected chi connectivity index (χ1v) is 11.4. The van der Waals surface area contributed by atoms with Crippen LogP contribution in [0, 0.1) is 5.41 Å². The maximum atomic E-state index is 13.5. The fourth-order valence-corrected chi connectivity index (χ4v) is 4.91. The Morgan fingerprint density at radius 1 is 1.06 bits per heavy atom. The lowest BCUT2D eigenvalue weighted by atomic mass is 9.73. The van der Waals surface area contributed by atoms with E-state index in [1.165, 1.54) is 11.3 Å². The molecule has 1 fully saturated rings. The van der Waals surface area contributed by atoms with E-state index < -0.39 is 5.41 Å². The third-order valence-corrected chi connectivity index (χ3v) is 6.87. The summed E-state index contributed by atoms with van der Waals surface area (Å²) in [5, 5.41) is 3.26. The van der Waals surface area contributed by atoms with E-state index in [4.69, 9.17) is 4.74 Å². The van der Waals surface area contributed by atoms with Gasteiger partial charge in [-0.1, -0.05) is 24.3 Å². The van der Waals surface area contributed by atoms with Gasteiger partial charge in [-0.25, -0.2) is 4.98 Å². The zero-order chi connectivity index (χ0) is 22.0. The SMILES string of the molecule is Cn1cncc1CN1CCC2(CC1)Cc1cccc(c1)Oc1cccc(c1)CCNC2=O. The van der Waals surface area contributed by atoms with E-state index in [1.807, 2.05) is 43.8 Å². The summed E-state index contributed by atoms with van der Waals surface area (Å²) >= 11 is 0. The van der Waals surface area contributed by atoms with Gasteiger partial charge in [0.05, 0.1) is 17.4 Å². The predicted octanol–water partition coefficient (Wildman–Crippen LogP) is 3.71. The predicted molar refractivity (Wildman–Crippen MR) is 124 cm³/mol. The van der Waals surface area contributed by atoms with Crippen molar-refractivity contribution in [1.29, 1.82) is 0 Å². The van der Waals surface area contributed by atoms with E-state index in [2.05, 4.69) is 44.0 Å². The molecule has 5 rings (SSSR count). The number of hydrogen-bond donors (Lipinski definition) is 1. The molecule has 1 spiro atoms. The normalized spacial score (nSPS) is 18.7. The van der Waals surface area contributed by atoms with Crippen LogP contribution in [0.3, 0.4) is 0 Å². The smallest absolute Gasteiger partial charge is 0.226 e. The van der Waals surface area contributed by atoms with Gasteiger partial charge in [-0.05, 0) is 74.2 Å². The van der Waals surface area contributed by atoms with Crippen molar-refractivity contribution >= 4 is 5.91 Å². The molecule has 0 unspecified atom stereocenters. The number of amides is 1. The average molecular weight is 431 g/mol. The van der Waals surface area contributed by atoms with Gasteiger partial charge in [-0.2, -0.15) is 0 Å². The first-order chi connectivity index (χ1) is 15.6. The summed E-state index contributed by atoms with van der Waals surface area (Å²) in [7, 11) is 2.03. The summed E-state index contributed by atoms with van der Waals surface area (Å²) in [6.45, 7) is 3.30. The van der Waals surface area contributed by atoms with Gasteiger partial charge in [0.2, 0.25) is 5.91 Å². The largest absolute Gasteiger partial charge is 0.457 e. The van der Waals surface area contributed by atoms with E-state index in [1.54, 1.807) is 0 Å². The third-order valence-electron chi connectivity index (χ3n) is 6.87. The van der Waals surface area contributed by atoms with Gasteiger partial charge in [0.1, 0.15) is 11.5 Å². The van der Waals surface area contributed by atoms with Crippen LogP contribution in [0.2, 0.25) is 0 Å². The fourth-order valence-electron chi connectivity index (χ4n) is 4.91. The van der Waals surface area contributed by atoms with E-state index in [0.29, 0.717) is 6.54 Å². The summed E-state index contributed by atoms with van der Waals surface area (Å²) in [4.78, 5) is 20.2. The molecule has 1 saturated heterocycles.